The third kappa shape index (κ3) is 4.79. The zero-order valence-electron chi connectivity index (χ0n) is 15.4. The van der Waals surface area contributed by atoms with Crippen molar-refractivity contribution in [2.24, 2.45) is 0 Å². The monoisotopic (exact) mass is 383 g/mol. The van der Waals surface area contributed by atoms with E-state index in [4.69, 9.17) is 9.15 Å². The van der Waals surface area contributed by atoms with Crippen LogP contribution in [0.25, 0.3) is 11.1 Å². The summed E-state index contributed by atoms with van der Waals surface area (Å²) in [6.45, 7) is 2.47. The molecule has 0 atom stereocenters. The third-order valence-corrected chi connectivity index (χ3v) is 4.03. The van der Waals surface area contributed by atoms with Gasteiger partial charge in [-0.05, 0) is 43.3 Å². The van der Waals surface area contributed by atoms with Gasteiger partial charge in [0.1, 0.15) is 5.75 Å². The molecule has 28 heavy (non-hydrogen) atoms. The zero-order chi connectivity index (χ0) is 19.9. The number of benzene rings is 2. The molecule has 0 spiro atoms. The van der Waals surface area contributed by atoms with Crippen LogP contribution in [-0.2, 0) is 16.1 Å². The Kier molecular flexibility index (Phi) is 6.11. The fourth-order valence-electron chi connectivity index (χ4n) is 2.71. The smallest absolute Gasteiger partial charge is 0.419 e. The van der Waals surface area contributed by atoms with Crippen LogP contribution in [0, 0.1) is 0 Å². The van der Waals surface area contributed by atoms with Gasteiger partial charge < -0.3 is 19.8 Å². The van der Waals surface area contributed by atoms with Crippen LogP contribution >= 0.6 is 0 Å². The number of para-hydroxylation sites is 2. The lowest BCUT2D eigenvalue weighted by Gasteiger charge is -2.08. The predicted octanol–water partition coefficient (Wildman–Crippen LogP) is 2.14. The average molecular weight is 383 g/mol. The number of hydrogen-bond acceptors (Lipinski definition) is 5. The number of rotatable bonds is 8. The molecule has 8 heteroatoms. The van der Waals surface area contributed by atoms with E-state index in [9.17, 15) is 14.4 Å². The molecular formula is C20H21N3O5. The summed E-state index contributed by atoms with van der Waals surface area (Å²) in [7, 11) is 0. The first kappa shape index (κ1) is 19.2. The Morgan fingerprint density at radius 3 is 2.57 bits per heavy atom. The maximum absolute atomic E-state index is 12.0. The maximum atomic E-state index is 12.0. The highest BCUT2D eigenvalue weighted by atomic mass is 16.5. The van der Waals surface area contributed by atoms with Gasteiger partial charge in [0.05, 0.1) is 18.7 Å². The van der Waals surface area contributed by atoms with Crippen molar-refractivity contribution in [3.05, 3.63) is 59.1 Å². The van der Waals surface area contributed by atoms with E-state index < -0.39 is 5.76 Å². The average Bonchev–Trinajstić information content (AvgIpc) is 3.01. The first-order valence-electron chi connectivity index (χ1n) is 8.94. The van der Waals surface area contributed by atoms with Gasteiger partial charge in [-0.25, -0.2) is 4.79 Å². The van der Waals surface area contributed by atoms with Crippen molar-refractivity contribution < 1.29 is 18.7 Å². The molecule has 2 N–H and O–H groups in total. The Labute approximate surface area is 161 Å². The summed E-state index contributed by atoms with van der Waals surface area (Å²) in [6.07, 6.45) is 0.0553. The van der Waals surface area contributed by atoms with E-state index >= 15 is 0 Å². The van der Waals surface area contributed by atoms with E-state index in [0.29, 0.717) is 23.4 Å². The predicted molar refractivity (Wildman–Crippen MR) is 104 cm³/mol. The van der Waals surface area contributed by atoms with Crippen molar-refractivity contribution in [1.29, 1.82) is 0 Å². The minimum absolute atomic E-state index is 0.0553. The van der Waals surface area contributed by atoms with Gasteiger partial charge in [0.15, 0.2) is 5.58 Å². The minimum Gasteiger partial charge on any atom is -0.494 e. The van der Waals surface area contributed by atoms with E-state index in [2.05, 4.69) is 10.6 Å². The second kappa shape index (κ2) is 8.90. The van der Waals surface area contributed by atoms with Gasteiger partial charge in [-0.2, -0.15) is 0 Å². The fourth-order valence-corrected chi connectivity index (χ4v) is 2.71. The molecule has 2 aromatic carbocycles. The van der Waals surface area contributed by atoms with Crippen LogP contribution in [0.4, 0.5) is 5.69 Å². The number of aromatic nitrogens is 1. The summed E-state index contributed by atoms with van der Waals surface area (Å²) in [5, 5.41) is 5.23. The van der Waals surface area contributed by atoms with Crippen LogP contribution in [0.2, 0.25) is 0 Å². The lowest BCUT2D eigenvalue weighted by molar-refractivity contribution is -0.124. The maximum Gasteiger partial charge on any atom is 0.419 e. The Morgan fingerprint density at radius 2 is 1.82 bits per heavy atom. The topological polar surface area (TPSA) is 103 Å². The first-order chi connectivity index (χ1) is 13.6. The summed E-state index contributed by atoms with van der Waals surface area (Å²) < 4.78 is 11.9. The van der Waals surface area contributed by atoms with E-state index in [1.807, 2.05) is 6.92 Å². The molecule has 0 saturated carbocycles. The Bertz CT molecular complexity index is 1020. The van der Waals surface area contributed by atoms with Gasteiger partial charge in [-0.1, -0.05) is 12.1 Å². The summed E-state index contributed by atoms with van der Waals surface area (Å²) >= 11 is 0. The van der Waals surface area contributed by atoms with Gasteiger partial charge in [0.2, 0.25) is 11.8 Å². The normalized spacial score (nSPS) is 10.6. The number of carbonyl (C=O) groups is 2. The second-order valence-corrected chi connectivity index (χ2v) is 6.02. The van der Waals surface area contributed by atoms with Crippen LogP contribution in [0.15, 0.2) is 57.7 Å². The van der Waals surface area contributed by atoms with Crippen LogP contribution in [0.5, 0.6) is 5.75 Å². The van der Waals surface area contributed by atoms with Crippen molar-refractivity contribution in [3.63, 3.8) is 0 Å². The number of carbonyl (C=O) groups excluding carboxylic acids is 2. The standard InChI is InChI=1S/C20H21N3O5/c1-2-27-15-9-7-14(8-10-15)22-19(25)13-21-18(24)11-12-23-16-5-3-4-6-17(16)28-20(23)26/h3-10H,2,11-13H2,1H3,(H,21,24)(H,22,25). The van der Waals surface area contributed by atoms with Gasteiger partial charge in [0, 0.05) is 18.7 Å². The Morgan fingerprint density at radius 1 is 1.07 bits per heavy atom. The molecule has 0 aliphatic carbocycles. The molecule has 0 radical (unpaired) electrons. The molecule has 146 valence electrons. The molecule has 0 unspecified atom stereocenters. The second-order valence-electron chi connectivity index (χ2n) is 6.02. The number of nitrogens with zero attached hydrogens (tertiary/aromatic N) is 1. The zero-order valence-corrected chi connectivity index (χ0v) is 15.4. The molecule has 0 saturated heterocycles. The summed E-state index contributed by atoms with van der Waals surface area (Å²) in [5.74, 6) is -0.472. The fraction of sp³-hybridized carbons (Fsp3) is 0.250. The van der Waals surface area contributed by atoms with Crippen molar-refractivity contribution in [2.75, 3.05) is 18.5 Å². The molecule has 1 aromatic heterocycles. The molecule has 0 fully saturated rings. The molecule has 3 rings (SSSR count). The van der Waals surface area contributed by atoms with E-state index in [1.54, 1.807) is 48.5 Å². The molecule has 8 nitrogen and oxygen atoms in total. The van der Waals surface area contributed by atoms with Crippen molar-refractivity contribution in [1.82, 2.24) is 9.88 Å². The van der Waals surface area contributed by atoms with Crippen molar-refractivity contribution >= 4 is 28.6 Å². The van der Waals surface area contributed by atoms with E-state index in [0.717, 1.165) is 5.75 Å². The Hall–Kier alpha value is -3.55. The van der Waals surface area contributed by atoms with Crippen LogP contribution in [0.1, 0.15) is 13.3 Å². The number of fused-ring (bicyclic) bond motifs is 1. The van der Waals surface area contributed by atoms with Gasteiger partial charge >= 0.3 is 5.76 Å². The molecule has 1 heterocycles. The highest BCUT2D eigenvalue weighted by Crippen LogP contribution is 2.15. The van der Waals surface area contributed by atoms with E-state index in [-0.39, 0.29) is 31.3 Å². The number of nitrogens with one attached hydrogen (secondary N) is 2. The number of amides is 2. The largest absolute Gasteiger partial charge is 0.494 e. The van der Waals surface area contributed by atoms with Crippen LogP contribution < -0.4 is 21.1 Å². The molecule has 0 bridgehead atoms. The van der Waals surface area contributed by atoms with Crippen LogP contribution in [-0.4, -0.2) is 29.5 Å². The Balaban J connectivity index is 1.46. The third-order valence-electron chi connectivity index (χ3n) is 4.03. The number of oxazole rings is 1. The lowest BCUT2D eigenvalue weighted by Crippen LogP contribution is -2.33. The summed E-state index contributed by atoms with van der Waals surface area (Å²) in [6, 6.07) is 14.0. The van der Waals surface area contributed by atoms with Crippen molar-refractivity contribution in [2.45, 2.75) is 19.9 Å². The molecule has 0 aliphatic heterocycles. The SMILES string of the molecule is CCOc1ccc(NC(=O)CNC(=O)CCn2c(=O)oc3ccccc32)cc1. The summed E-state index contributed by atoms with van der Waals surface area (Å²) in [5.41, 5.74) is 1.72. The minimum atomic E-state index is -0.512. The molecule has 3 aromatic rings. The summed E-state index contributed by atoms with van der Waals surface area (Å²) in [4.78, 5) is 35.8. The number of hydrogen-bond donors (Lipinski definition) is 2. The first-order valence-corrected chi connectivity index (χ1v) is 8.94. The van der Waals surface area contributed by atoms with Crippen LogP contribution in [0.3, 0.4) is 0 Å². The van der Waals surface area contributed by atoms with Crippen molar-refractivity contribution in [3.8, 4) is 5.75 Å². The lowest BCUT2D eigenvalue weighted by atomic mass is 10.3. The number of ether oxygens (including phenoxy) is 1. The highest BCUT2D eigenvalue weighted by molar-refractivity contribution is 5.94. The van der Waals surface area contributed by atoms with Gasteiger partial charge in [-0.3, -0.25) is 14.2 Å². The molecule has 2 amide bonds. The number of aryl methyl sites for hydroxylation is 1. The highest BCUT2D eigenvalue weighted by Gasteiger charge is 2.11. The molecule has 0 aliphatic rings. The quantitative estimate of drug-likeness (QED) is 0.620. The van der Waals surface area contributed by atoms with Gasteiger partial charge in [0.25, 0.3) is 0 Å². The van der Waals surface area contributed by atoms with Gasteiger partial charge in [-0.15, -0.1) is 0 Å². The number of anilines is 1. The van der Waals surface area contributed by atoms with E-state index in [1.165, 1.54) is 4.57 Å². The molecular weight excluding hydrogens is 362 g/mol.